The molecule has 0 N–H and O–H groups in total. The molecule has 0 heterocycles. The molecule has 0 aromatic heterocycles. The molecule has 0 saturated heterocycles. The van der Waals surface area contributed by atoms with Crippen molar-refractivity contribution in [3.05, 3.63) is 41.5 Å². The minimum Gasteiger partial charge on any atom is -0.465 e. The van der Waals surface area contributed by atoms with Gasteiger partial charge in [-0.2, -0.15) is 0 Å². The van der Waals surface area contributed by atoms with Crippen LogP contribution in [0.15, 0.2) is 35.9 Å². The summed E-state index contributed by atoms with van der Waals surface area (Å²) in [6.07, 6.45) is 0.813. The summed E-state index contributed by atoms with van der Waals surface area (Å²) in [5.41, 5.74) is 1.05. The van der Waals surface area contributed by atoms with Gasteiger partial charge in [0.1, 0.15) is 0 Å². The average Bonchev–Trinajstić information content (AvgIpc) is 3.10. The van der Waals surface area contributed by atoms with Crippen LogP contribution in [-0.4, -0.2) is 30.9 Å². The molecule has 5 nitrogen and oxygen atoms in total. The van der Waals surface area contributed by atoms with Gasteiger partial charge in [-0.15, -0.1) is 0 Å². The van der Waals surface area contributed by atoms with Gasteiger partial charge in [0.2, 0.25) is 0 Å². The molecule has 3 rings (SSSR count). The van der Waals surface area contributed by atoms with Crippen molar-refractivity contribution in [2.45, 2.75) is 33.1 Å². The first-order valence-electron chi connectivity index (χ1n) is 8.69. The maximum absolute atomic E-state index is 12.6. The maximum atomic E-state index is 12.6. The zero-order chi connectivity index (χ0) is 18.0. The second kappa shape index (κ2) is 6.82. The van der Waals surface area contributed by atoms with Crippen molar-refractivity contribution >= 4 is 23.3 Å². The highest BCUT2D eigenvalue weighted by atomic mass is 16.6. The van der Waals surface area contributed by atoms with E-state index in [4.69, 9.17) is 9.47 Å². The predicted octanol–water partition coefficient (Wildman–Crippen LogP) is 2.94. The number of rotatable bonds is 5. The van der Waals surface area contributed by atoms with E-state index in [0.29, 0.717) is 12.0 Å². The number of allylic oxidation sites excluding steroid dienone is 2. The van der Waals surface area contributed by atoms with Gasteiger partial charge >= 0.3 is 11.9 Å². The molecule has 1 fully saturated rings. The number of esters is 2. The van der Waals surface area contributed by atoms with Crippen molar-refractivity contribution in [1.29, 1.82) is 0 Å². The van der Waals surface area contributed by atoms with Gasteiger partial charge in [-0.25, -0.2) is 0 Å². The van der Waals surface area contributed by atoms with Crippen LogP contribution in [0.5, 0.6) is 0 Å². The third-order valence-electron chi connectivity index (χ3n) is 5.01. The Balaban J connectivity index is 2.03. The molecule has 2 aliphatic rings. The van der Waals surface area contributed by atoms with Crippen LogP contribution in [0.3, 0.4) is 0 Å². The van der Waals surface area contributed by atoms with Crippen LogP contribution in [0.4, 0.5) is 0 Å². The molecule has 1 saturated carbocycles. The average molecular weight is 342 g/mol. The Hall–Kier alpha value is -2.43. The monoisotopic (exact) mass is 342 g/mol. The summed E-state index contributed by atoms with van der Waals surface area (Å²) in [6.45, 7) is 3.83. The van der Waals surface area contributed by atoms with Crippen molar-refractivity contribution in [2.75, 3.05) is 13.2 Å². The number of fused-ring (bicyclic) bond motifs is 1. The first-order chi connectivity index (χ1) is 12.0. The lowest BCUT2D eigenvalue weighted by atomic mass is 9.83. The van der Waals surface area contributed by atoms with E-state index in [0.717, 1.165) is 11.1 Å². The van der Waals surface area contributed by atoms with Gasteiger partial charge in [-0.1, -0.05) is 35.9 Å². The summed E-state index contributed by atoms with van der Waals surface area (Å²) in [7, 11) is 0. The molecular weight excluding hydrogens is 320 g/mol. The van der Waals surface area contributed by atoms with E-state index in [2.05, 4.69) is 0 Å². The lowest BCUT2D eigenvalue weighted by Crippen LogP contribution is -2.40. The van der Waals surface area contributed by atoms with Crippen molar-refractivity contribution in [3.63, 3.8) is 0 Å². The Morgan fingerprint density at radius 1 is 1.08 bits per heavy atom. The summed E-state index contributed by atoms with van der Waals surface area (Å²) >= 11 is 0. The fourth-order valence-corrected chi connectivity index (χ4v) is 3.96. The summed E-state index contributed by atoms with van der Waals surface area (Å²) in [5, 5.41) is 0. The molecule has 0 unspecified atom stereocenters. The Morgan fingerprint density at radius 2 is 1.68 bits per heavy atom. The van der Waals surface area contributed by atoms with E-state index in [1.807, 2.05) is 30.3 Å². The third kappa shape index (κ3) is 2.88. The molecule has 0 amide bonds. The molecule has 1 aromatic rings. The molecule has 0 bridgehead atoms. The van der Waals surface area contributed by atoms with Gasteiger partial charge in [0.25, 0.3) is 0 Å². The summed E-state index contributed by atoms with van der Waals surface area (Å²) in [6, 6.07) is 9.42. The van der Waals surface area contributed by atoms with Gasteiger partial charge in [-0.05, 0) is 38.2 Å². The van der Waals surface area contributed by atoms with Crippen LogP contribution in [0.2, 0.25) is 0 Å². The summed E-state index contributed by atoms with van der Waals surface area (Å²) in [5.74, 6) is -1.12. The zero-order valence-electron chi connectivity index (χ0n) is 14.5. The summed E-state index contributed by atoms with van der Waals surface area (Å²) in [4.78, 5) is 37.7. The molecule has 25 heavy (non-hydrogen) atoms. The van der Waals surface area contributed by atoms with Crippen LogP contribution in [0.25, 0.3) is 5.57 Å². The Kier molecular flexibility index (Phi) is 4.75. The highest BCUT2D eigenvalue weighted by Gasteiger charge is 2.58. The molecule has 5 heteroatoms. The Labute approximate surface area is 147 Å². The first-order valence-corrected chi connectivity index (χ1v) is 8.69. The smallest absolute Gasteiger partial charge is 0.323 e. The van der Waals surface area contributed by atoms with Gasteiger partial charge in [0.15, 0.2) is 11.2 Å². The number of benzene rings is 1. The highest BCUT2D eigenvalue weighted by molar-refractivity contribution is 6.24. The quantitative estimate of drug-likeness (QED) is 0.608. The zero-order valence-corrected chi connectivity index (χ0v) is 14.5. The molecular formula is C20H22O5. The predicted molar refractivity (Wildman–Crippen MR) is 91.4 cm³/mol. The van der Waals surface area contributed by atoms with E-state index >= 15 is 0 Å². The minimum atomic E-state index is -1.33. The highest BCUT2D eigenvalue weighted by Crippen LogP contribution is 2.54. The number of hydrogen-bond donors (Lipinski definition) is 0. The van der Waals surface area contributed by atoms with Gasteiger partial charge in [-0.3, -0.25) is 14.4 Å². The second-order valence-electron chi connectivity index (χ2n) is 6.49. The van der Waals surface area contributed by atoms with E-state index in [9.17, 15) is 14.4 Å². The molecule has 132 valence electrons. The second-order valence-corrected chi connectivity index (χ2v) is 6.49. The van der Waals surface area contributed by atoms with Crippen LogP contribution < -0.4 is 0 Å². The maximum Gasteiger partial charge on any atom is 0.323 e. The molecule has 1 atom stereocenters. The minimum absolute atomic E-state index is 0.0764. The lowest BCUT2D eigenvalue weighted by Gasteiger charge is -2.24. The lowest BCUT2D eigenvalue weighted by molar-refractivity contribution is -0.171. The van der Waals surface area contributed by atoms with Crippen molar-refractivity contribution in [1.82, 2.24) is 0 Å². The molecule has 0 aliphatic heterocycles. The van der Waals surface area contributed by atoms with E-state index < -0.39 is 17.4 Å². The Morgan fingerprint density at radius 3 is 2.24 bits per heavy atom. The number of ether oxygens (including phenoxy) is 2. The molecule has 0 spiro atoms. The van der Waals surface area contributed by atoms with Crippen LogP contribution in [-0.2, 0) is 23.9 Å². The summed E-state index contributed by atoms with van der Waals surface area (Å²) < 4.78 is 10.4. The fourth-order valence-electron chi connectivity index (χ4n) is 3.96. The number of carbonyl (C=O) groups is 3. The van der Waals surface area contributed by atoms with Crippen molar-refractivity contribution in [2.24, 2.45) is 11.3 Å². The largest absolute Gasteiger partial charge is 0.465 e. The number of carbonyl (C=O) groups excluding carboxylic acids is 3. The topological polar surface area (TPSA) is 69.7 Å². The third-order valence-corrected chi connectivity index (χ3v) is 5.01. The first kappa shape index (κ1) is 17.4. The number of ketones is 1. The Bertz CT molecular complexity index is 714. The van der Waals surface area contributed by atoms with Crippen LogP contribution in [0, 0.1) is 11.3 Å². The molecule has 1 aromatic carbocycles. The number of Topliss-reactive ketones (excluding diaryl/α,β-unsaturated/α-hetero) is 1. The normalized spacial score (nSPS) is 21.2. The SMILES string of the molecule is CCOC(=O)C1(C(=O)OCC)CC2=C(c3ccccc3)C(=O)C[C@@H]2C1. The fraction of sp³-hybridized carbons (Fsp3) is 0.450. The number of hydrogen-bond acceptors (Lipinski definition) is 5. The molecule has 0 radical (unpaired) electrons. The van der Waals surface area contributed by atoms with Gasteiger partial charge in [0, 0.05) is 12.0 Å². The van der Waals surface area contributed by atoms with Gasteiger partial charge < -0.3 is 9.47 Å². The van der Waals surface area contributed by atoms with Crippen molar-refractivity contribution < 1.29 is 23.9 Å². The van der Waals surface area contributed by atoms with E-state index in [1.165, 1.54) is 0 Å². The van der Waals surface area contributed by atoms with Crippen molar-refractivity contribution in [3.8, 4) is 0 Å². The molecule has 2 aliphatic carbocycles. The van der Waals surface area contributed by atoms with E-state index in [1.54, 1.807) is 13.8 Å². The van der Waals surface area contributed by atoms with Crippen LogP contribution >= 0.6 is 0 Å². The standard InChI is InChI=1S/C20H22O5/c1-3-24-18(22)20(19(23)25-4-2)11-14-10-16(21)17(15(14)12-20)13-8-6-5-7-9-13/h5-9,14H,3-4,10-12H2,1-2H3/t14-/m1/s1. The van der Waals surface area contributed by atoms with Gasteiger partial charge in [0.05, 0.1) is 13.2 Å². The van der Waals surface area contributed by atoms with Crippen LogP contribution in [0.1, 0.15) is 38.7 Å². The van der Waals surface area contributed by atoms with E-state index in [-0.39, 0.29) is 37.8 Å².